The zero-order chi connectivity index (χ0) is 21.0. The summed E-state index contributed by atoms with van der Waals surface area (Å²) in [6.45, 7) is 5.87. The summed E-state index contributed by atoms with van der Waals surface area (Å²) in [5, 5.41) is 13.4. The van der Waals surface area contributed by atoms with Crippen LogP contribution in [0.5, 0.6) is 0 Å². The van der Waals surface area contributed by atoms with Crippen molar-refractivity contribution >= 4 is 16.9 Å². The average Bonchev–Trinajstić information content (AvgIpc) is 2.70. The monoisotopic (exact) mass is 391 g/mol. The number of fused-ring (bicyclic) bond motifs is 1. The lowest BCUT2D eigenvalue weighted by Gasteiger charge is -2.30. The van der Waals surface area contributed by atoms with Crippen LogP contribution in [0.4, 0.5) is 4.79 Å². The van der Waals surface area contributed by atoms with Crippen LogP contribution < -0.4 is 0 Å². The van der Waals surface area contributed by atoms with E-state index in [1.54, 1.807) is 7.05 Å². The standard InChI is InChI=1S/C25H29NO3/c1-25(2,3)29-24(28)26(4)17-22(23(27)19-11-6-5-7-12-19)21-15-14-18-10-8-9-13-20(18)16-21/h5-16,22-23,27H,17H2,1-4H3/t22-,23+/m0/s1. The molecule has 0 fully saturated rings. The quantitative estimate of drug-likeness (QED) is 0.623. The normalized spacial score (nSPS) is 13.7. The first-order chi connectivity index (χ1) is 13.7. The summed E-state index contributed by atoms with van der Waals surface area (Å²) in [5.41, 5.74) is 1.24. The molecular weight excluding hydrogens is 362 g/mol. The number of rotatable bonds is 5. The van der Waals surface area contributed by atoms with Crippen LogP contribution in [0, 0.1) is 0 Å². The van der Waals surface area contributed by atoms with E-state index in [1.165, 1.54) is 4.90 Å². The number of amides is 1. The molecular formula is C25H29NO3. The number of carbonyl (C=O) groups is 1. The number of hydrogen-bond donors (Lipinski definition) is 1. The van der Waals surface area contributed by atoms with Gasteiger partial charge in [0.15, 0.2) is 0 Å². The largest absolute Gasteiger partial charge is 0.444 e. The molecule has 0 bridgehead atoms. The summed E-state index contributed by atoms with van der Waals surface area (Å²) in [6, 6.07) is 23.9. The Morgan fingerprint density at radius 1 is 0.931 bits per heavy atom. The van der Waals surface area contributed by atoms with Crippen LogP contribution in [-0.2, 0) is 4.74 Å². The molecule has 152 valence electrons. The summed E-state index contributed by atoms with van der Waals surface area (Å²) in [4.78, 5) is 14.1. The minimum Gasteiger partial charge on any atom is -0.444 e. The van der Waals surface area contributed by atoms with Gasteiger partial charge in [0.2, 0.25) is 0 Å². The lowest BCUT2D eigenvalue weighted by atomic mass is 9.87. The second-order valence-electron chi connectivity index (χ2n) is 8.43. The minimum atomic E-state index is -0.748. The third-order valence-corrected chi connectivity index (χ3v) is 4.90. The third kappa shape index (κ3) is 5.36. The van der Waals surface area contributed by atoms with Crippen molar-refractivity contribution in [2.75, 3.05) is 13.6 Å². The van der Waals surface area contributed by atoms with Gasteiger partial charge in [-0.1, -0.05) is 72.8 Å². The van der Waals surface area contributed by atoms with Crippen molar-refractivity contribution in [2.24, 2.45) is 0 Å². The SMILES string of the molecule is CN(C[C@@H](c1ccc2ccccc2c1)[C@H](O)c1ccccc1)C(=O)OC(C)(C)C. The number of likely N-dealkylation sites (N-methyl/N-ethyl adjacent to an activating group) is 1. The number of aliphatic hydroxyl groups excluding tert-OH is 1. The van der Waals surface area contributed by atoms with E-state index in [9.17, 15) is 9.90 Å². The van der Waals surface area contributed by atoms with E-state index >= 15 is 0 Å². The molecule has 1 amide bonds. The molecule has 0 radical (unpaired) electrons. The maximum absolute atomic E-state index is 12.5. The molecule has 3 aromatic carbocycles. The van der Waals surface area contributed by atoms with Gasteiger partial charge in [0.1, 0.15) is 5.60 Å². The first kappa shape index (κ1) is 20.9. The molecule has 0 saturated carbocycles. The molecule has 29 heavy (non-hydrogen) atoms. The van der Waals surface area contributed by atoms with Gasteiger partial charge < -0.3 is 14.7 Å². The molecule has 0 aliphatic carbocycles. The van der Waals surface area contributed by atoms with Crippen molar-refractivity contribution in [1.29, 1.82) is 0 Å². The van der Waals surface area contributed by atoms with Crippen LogP contribution in [-0.4, -0.2) is 35.3 Å². The van der Waals surface area contributed by atoms with Crippen LogP contribution in [0.3, 0.4) is 0 Å². The molecule has 3 aromatic rings. The van der Waals surface area contributed by atoms with Gasteiger partial charge in [-0.05, 0) is 42.7 Å². The van der Waals surface area contributed by atoms with Crippen LogP contribution in [0.2, 0.25) is 0 Å². The molecule has 3 rings (SSSR count). The number of ether oxygens (including phenoxy) is 1. The van der Waals surface area contributed by atoms with Gasteiger partial charge in [0, 0.05) is 19.5 Å². The predicted octanol–water partition coefficient (Wildman–Crippen LogP) is 5.52. The van der Waals surface area contributed by atoms with Gasteiger partial charge in [0.05, 0.1) is 6.10 Å². The molecule has 4 heteroatoms. The summed E-state index contributed by atoms with van der Waals surface area (Å²) in [5.74, 6) is -0.292. The molecule has 0 unspecified atom stereocenters. The summed E-state index contributed by atoms with van der Waals surface area (Å²) in [7, 11) is 1.71. The van der Waals surface area contributed by atoms with E-state index in [0.717, 1.165) is 21.9 Å². The number of aliphatic hydroxyl groups is 1. The maximum atomic E-state index is 12.5. The molecule has 0 aromatic heterocycles. The molecule has 4 nitrogen and oxygen atoms in total. The number of carbonyl (C=O) groups excluding carboxylic acids is 1. The second-order valence-corrected chi connectivity index (χ2v) is 8.43. The Bertz CT molecular complexity index is 962. The molecule has 1 N–H and O–H groups in total. The van der Waals surface area contributed by atoms with Gasteiger partial charge in [0.25, 0.3) is 0 Å². The maximum Gasteiger partial charge on any atom is 0.410 e. The van der Waals surface area contributed by atoms with Crippen molar-refractivity contribution in [3.63, 3.8) is 0 Å². The topological polar surface area (TPSA) is 49.8 Å². The van der Waals surface area contributed by atoms with Gasteiger partial charge in [-0.25, -0.2) is 4.79 Å². The van der Waals surface area contributed by atoms with Gasteiger partial charge in [-0.3, -0.25) is 0 Å². The van der Waals surface area contributed by atoms with Crippen LogP contribution >= 0.6 is 0 Å². The van der Waals surface area contributed by atoms with E-state index in [-0.39, 0.29) is 5.92 Å². The Morgan fingerprint density at radius 3 is 2.21 bits per heavy atom. The van der Waals surface area contributed by atoms with Gasteiger partial charge in [-0.15, -0.1) is 0 Å². The summed E-state index contributed by atoms with van der Waals surface area (Å²) in [6.07, 6.45) is -1.15. The van der Waals surface area contributed by atoms with Crippen LogP contribution in [0.25, 0.3) is 10.8 Å². The second kappa shape index (κ2) is 8.66. The lowest BCUT2D eigenvalue weighted by Crippen LogP contribution is -2.37. The molecule has 0 saturated heterocycles. The Morgan fingerprint density at radius 2 is 1.55 bits per heavy atom. The van der Waals surface area contributed by atoms with E-state index < -0.39 is 17.8 Å². The molecule has 0 aliphatic rings. The van der Waals surface area contributed by atoms with Gasteiger partial charge in [-0.2, -0.15) is 0 Å². The summed E-state index contributed by atoms with van der Waals surface area (Å²) >= 11 is 0. The highest BCUT2D eigenvalue weighted by Gasteiger charge is 2.28. The van der Waals surface area contributed by atoms with E-state index in [4.69, 9.17) is 4.74 Å². The number of nitrogens with zero attached hydrogens (tertiary/aromatic N) is 1. The first-order valence-electron chi connectivity index (χ1n) is 9.90. The van der Waals surface area contributed by atoms with Gasteiger partial charge >= 0.3 is 6.09 Å². The number of benzene rings is 3. The van der Waals surface area contributed by atoms with Crippen molar-refractivity contribution in [2.45, 2.75) is 38.4 Å². The fourth-order valence-corrected chi connectivity index (χ4v) is 3.42. The third-order valence-electron chi connectivity index (χ3n) is 4.90. The van der Waals surface area contributed by atoms with Crippen LogP contribution in [0.15, 0.2) is 72.8 Å². The van der Waals surface area contributed by atoms with E-state index in [2.05, 4.69) is 24.3 Å². The fraction of sp³-hybridized carbons (Fsp3) is 0.320. The van der Waals surface area contributed by atoms with Crippen molar-refractivity contribution in [3.8, 4) is 0 Å². The first-order valence-corrected chi connectivity index (χ1v) is 9.90. The van der Waals surface area contributed by atoms with Crippen LogP contribution in [0.1, 0.15) is 43.9 Å². The molecule has 2 atom stereocenters. The molecule has 0 aliphatic heterocycles. The Labute approximate surface area is 172 Å². The summed E-state index contributed by atoms with van der Waals surface area (Å²) < 4.78 is 5.50. The predicted molar refractivity (Wildman–Crippen MR) is 117 cm³/mol. The smallest absolute Gasteiger partial charge is 0.410 e. The number of hydrogen-bond acceptors (Lipinski definition) is 3. The van der Waals surface area contributed by atoms with E-state index in [0.29, 0.717) is 6.54 Å². The molecule has 0 heterocycles. The zero-order valence-corrected chi connectivity index (χ0v) is 17.5. The minimum absolute atomic E-state index is 0.292. The Hall–Kier alpha value is -2.85. The highest BCUT2D eigenvalue weighted by Crippen LogP contribution is 2.33. The van der Waals surface area contributed by atoms with Crippen molar-refractivity contribution in [1.82, 2.24) is 4.90 Å². The van der Waals surface area contributed by atoms with Crippen molar-refractivity contribution in [3.05, 3.63) is 83.9 Å². The molecule has 0 spiro atoms. The Balaban J connectivity index is 1.93. The van der Waals surface area contributed by atoms with Crippen molar-refractivity contribution < 1.29 is 14.6 Å². The average molecular weight is 392 g/mol. The lowest BCUT2D eigenvalue weighted by molar-refractivity contribution is 0.0250. The highest BCUT2D eigenvalue weighted by atomic mass is 16.6. The zero-order valence-electron chi connectivity index (χ0n) is 17.5. The Kier molecular flexibility index (Phi) is 6.23. The van der Waals surface area contributed by atoms with E-state index in [1.807, 2.05) is 69.3 Å². The fourth-order valence-electron chi connectivity index (χ4n) is 3.42. The highest BCUT2D eigenvalue weighted by molar-refractivity contribution is 5.83.